The molecule has 0 bridgehead atoms. The van der Waals surface area contributed by atoms with E-state index in [4.69, 9.17) is 10.5 Å². The molecule has 1 heterocycles. The molecule has 0 aromatic heterocycles. The molecule has 86 valence electrons. The number of hydrogen-bond acceptors (Lipinski definition) is 4. The van der Waals surface area contributed by atoms with Crippen LogP contribution >= 0.6 is 0 Å². The van der Waals surface area contributed by atoms with E-state index >= 15 is 0 Å². The van der Waals surface area contributed by atoms with Gasteiger partial charge in [0.05, 0.1) is 6.61 Å². The zero-order valence-electron chi connectivity index (χ0n) is 9.00. The van der Waals surface area contributed by atoms with Crippen molar-refractivity contribution in [1.29, 1.82) is 0 Å². The largest absolute Gasteiger partial charge is 0.368 e. The minimum Gasteiger partial charge on any atom is -0.368 e. The van der Waals surface area contributed by atoms with E-state index in [2.05, 4.69) is 10.6 Å². The summed E-state index contributed by atoms with van der Waals surface area (Å²) in [5.41, 5.74) is 4.09. The molecule has 1 aliphatic heterocycles. The fraction of sp³-hybridized carbons (Fsp3) is 0.778. The molecular formula is C9H17N3O3. The van der Waals surface area contributed by atoms with Crippen LogP contribution in [0, 0.1) is 0 Å². The first-order valence-electron chi connectivity index (χ1n) is 4.88. The summed E-state index contributed by atoms with van der Waals surface area (Å²) in [6.07, 6.45) is -0.544. The predicted octanol–water partition coefficient (Wildman–Crippen LogP) is -1.65. The third kappa shape index (κ3) is 3.17. The molecule has 1 saturated heterocycles. The monoisotopic (exact) mass is 215 g/mol. The molecule has 0 aliphatic carbocycles. The summed E-state index contributed by atoms with van der Waals surface area (Å²) in [5, 5.41) is 5.58. The lowest BCUT2D eigenvalue weighted by molar-refractivity contribution is -0.139. The van der Waals surface area contributed by atoms with Crippen molar-refractivity contribution in [2.24, 2.45) is 5.73 Å². The number of carbonyl (C=O) groups is 2. The highest BCUT2D eigenvalue weighted by atomic mass is 16.5. The van der Waals surface area contributed by atoms with Crippen molar-refractivity contribution in [2.75, 3.05) is 19.7 Å². The van der Waals surface area contributed by atoms with E-state index in [1.165, 1.54) is 0 Å². The van der Waals surface area contributed by atoms with Gasteiger partial charge in [-0.05, 0) is 13.8 Å². The molecule has 1 aliphatic rings. The van der Waals surface area contributed by atoms with E-state index in [9.17, 15) is 9.59 Å². The van der Waals surface area contributed by atoms with Crippen molar-refractivity contribution in [2.45, 2.75) is 25.5 Å². The maximum atomic E-state index is 11.6. The lowest BCUT2D eigenvalue weighted by atomic mass is 10.0. The fourth-order valence-corrected chi connectivity index (χ4v) is 1.18. The first-order valence-corrected chi connectivity index (χ1v) is 4.88. The van der Waals surface area contributed by atoms with Gasteiger partial charge in [-0.15, -0.1) is 0 Å². The summed E-state index contributed by atoms with van der Waals surface area (Å²) in [5.74, 6) is -0.884. The van der Waals surface area contributed by atoms with Crippen LogP contribution in [-0.4, -0.2) is 43.2 Å². The molecule has 6 heteroatoms. The van der Waals surface area contributed by atoms with Crippen LogP contribution < -0.4 is 16.4 Å². The van der Waals surface area contributed by atoms with E-state index in [0.29, 0.717) is 13.2 Å². The van der Waals surface area contributed by atoms with Crippen molar-refractivity contribution >= 4 is 11.8 Å². The average Bonchev–Trinajstić information content (AvgIpc) is 2.18. The molecule has 1 unspecified atom stereocenters. The highest BCUT2D eigenvalue weighted by Gasteiger charge is 2.31. The second-order valence-electron chi connectivity index (χ2n) is 4.04. The smallest absolute Gasteiger partial charge is 0.251 e. The van der Waals surface area contributed by atoms with E-state index in [1.807, 2.05) is 0 Å². The number of carbonyl (C=O) groups excluding carboxylic acids is 2. The van der Waals surface area contributed by atoms with Crippen LogP contribution in [0.25, 0.3) is 0 Å². The molecule has 2 amide bonds. The third-order valence-corrected chi connectivity index (χ3v) is 2.27. The van der Waals surface area contributed by atoms with Crippen molar-refractivity contribution in [3.63, 3.8) is 0 Å². The van der Waals surface area contributed by atoms with Crippen molar-refractivity contribution in [3.8, 4) is 0 Å². The Morgan fingerprint density at radius 3 is 2.67 bits per heavy atom. The molecular weight excluding hydrogens is 198 g/mol. The Labute approximate surface area is 88.5 Å². The maximum absolute atomic E-state index is 11.6. The van der Waals surface area contributed by atoms with Gasteiger partial charge in [-0.1, -0.05) is 0 Å². The Bertz CT molecular complexity index is 259. The lowest BCUT2D eigenvalue weighted by Gasteiger charge is -2.28. The molecule has 4 N–H and O–H groups in total. The number of nitrogens with two attached hydrogens (primary N) is 1. The number of morpholine rings is 1. The molecule has 1 rings (SSSR count). The summed E-state index contributed by atoms with van der Waals surface area (Å²) in [6.45, 7) is 4.81. The van der Waals surface area contributed by atoms with E-state index < -0.39 is 17.6 Å². The van der Waals surface area contributed by atoms with Gasteiger partial charge in [0.1, 0.15) is 11.6 Å². The van der Waals surface area contributed by atoms with Crippen LogP contribution in [0.15, 0.2) is 0 Å². The predicted molar refractivity (Wildman–Crippen MR) is 54.0 cm³/mol. The van der Waals surface area contributed by atoms with Crippen LogP contribution in [0.3, 0.4) is 0 Å². The number of hydrogen-bond donors (Lipinski definition) is 3. The van der Waals surface area contributed by atoms with E-state index in [0.717, 1.165) is 6.54 Å². The Balaban J connectivity index is 2.50. The molecule has 0 spiro atoms. The van der Waals surface area contributed by atoms with Crippen LogP contribution in [0.4, 0.5) is 0 Å². The minimum atomic E-state index is -1.04. The van der Waals surface area contributed by atoms with Crippen LogP contribution in [0.2, 0.25) is 0 Å². The van der Waals surface area contributed by atoms with Crippen LogP contribution in [0.1, 0.15) is 13.8 Å². The van der Waals surface area contributed by atoms with E-state index in [1.54, 1.807) is 13.8 Å². The minimum absolute atomic E-state index is 0.314. The first-order chi connectivity index (χ1) is 6.93. The Kier molecular flexibility index (Phi) is 3.65. The van der Waals surface area contributed by atoms with Gasteiger partial charge in [0, 0.05) is 13.1 Å². The van der Waals surface area contributed by atoms with Gasteiger partial charge >= 0.3 is 0 Å². The van der Waals surface area contributed by atoms with Gasteiger partial charge < -0.3 is 21.1 Å². The zero-order chi connectivity index (χ0) is 11.5. The number of amides is 2. The standard InChI is InChI=1S/C9H17N3O3/c1-9(2,8(10)14)12-7(13)6-5-11-3-4-15-6/h6,11H,3-5H2,1-2H3,(H2,10,14)(H,12,13). The molecule has 0 aromatic rings. The Hall–Kier alpha value is -1.14. The topological polar surface area (TPSA) is 93.4 Å². The molecule has 0 aromatic carbocycles. The SMILES string of the molecule is CC(C)(NC(=O)C1CNCCO1)C(N)=O. The van der Waals surface area contributed by atoms with E-state index in [-0.39, 0.29) is 5.91 Å². The molecule has 1 atom stereocenters. The van der Waals surface area contributed by atoms with Gasteiger partial charge in [-0.25, -0.2) is 0 Å². The third-order valence-electron chi connectivity index (χ3n) is 2.27. The maximum Gasteiger partial charge on any atom is 0.251 e. The quantitative estimate of drug-likeness (QED) is 0.526. The summed E-state index contributed by atoms with van der Waals surface area (Å²) in [7, 11) is 0. The fourth-order valence-electron chi connectivity index (χ4n) is 1.18. The second kappa shape index (κ2) is 4.59. The average molecular weight is 215 g/mol. The summed E-state index contributed by atoms with van der Waals surface area (Å²) in [6, 6.07) is 0. The van der Waals surface area contributed by atoms with Crippen molar-refractivity contribution in [3.05, 3.63) is 0 Å². The van der Waals surface area contributed by atoms with Gasteiger partial charge in [-0.3, -0.25) is 9.59 Å². The molecule has 15 heavy (non-hydrogen) atoms. The van der Waals surface area contributed by atoms with Gasteiger partial charge in [0.25, 0.3) is 5.91 Å². The normalized spacial score (nSPS) is 22.1. The number of rotatable bonds is 3. The second-order valence-corrected chi connectivity index (χ2v) is 4.04. The summed E-state index contributed by atoms with van der Waals surface area (Å²) >= 11 is 0. The molecule has 0 radical (unpaired) electrons. The first kappa shape index (κ1) is 11.9. The molecule has 6 nitrogen and oxygen atoms in total. The molecule has 1 fully saturated rings. The van der Waals surface area contributed by atoms with Crippen LogP contribution in [-0.2, 0) is 14.3 Å². The van der Waals surface area contributed by atoms with Gasteiger partial charge in [-0.2, -0.15) is 0 Å². The van der Waals surface area contributed by atoms with Crippen LogP contribution in [0.5, 0.6) is 0 Å². The number of primary amides is 1. The number of nitrogens with one attached hydrogen (secondary N) is 2. The Morgan fingerprint density at radius 2 is 2.20 bits per heavy atom. The highest BCUT2D eigenvalue weighted by Crippen LogP contribution is 2.03. The van der Waals surface area contributed by atoms with Crippen molar-refractivity contribution in [1.82, 2.24) is 10.6 Å². The number of ether oxygens (including phenoxy) is 1. The van der Waals surface area contributed by atoms with Gasteiger partial charge in [0.15, 0.2) is 0 Å². The summed E-state index contributed by atoms with van der Waals surface area (Å²) in [4.78, 5) is 22.6. The highest BCUT2D eigenvalue weighted by molar-refractivity contribution is 5.91. The van der Waals surface area contributed by atoms with Gasteiger partial charge in [0.2, 0.25) is 5.91 Å². The zero-order valence-corrected chi connectivity index (χ0v) is 9.00. The lowest BCUT2D eigenvalue weighted by Crippen LogP contribution is -2.58. The Morgan fingerprint density at radius 1 is 1.53 bits per heavy atom. The summed E-state index contributed by atoms with van der Waals surface area (Å²) < 4.78 is 5.24. The molecule has 0 saturated carbocycles. The van der Waals surface area contributed by atoms with Crippen molar-refractivity contribution < 1.29 is 14.3 Å².